The van der Waals surface area contributed by atoms with E-state index in [4.69, 9.17) is 0 Å². The molecule has 23 aliphatic rings. The number of hydrogen-bond acceptors (Lipinski definition) is 1. The van der Waals surface area contributed by atoms with Crippen LogP contribution < -0.4 is 0 Å². The highest BCUT2D eigenvalue weighted by atomic mass is 32.2. The van der Waals surface area contributed by atoms with Crippen molar-refractivity contribution < 1.29 is 0 Å². The fourth-order valence-corrected chi connectivity index (χ4v) is 36.2. The van der Waals surface area contributed by atoms with E-state index in [1.807, 2.05) is 175 Å². The van der Waals surface area contributed by atoms with E-state index < -0.39 is 0 Å². The average Bonchev–Trinajstić information content (AvgIpc) is 1.51. The predicted octanol–water partition coefficient (Wildman–Crippen LogP) is 18.6. The molecule has 79 heavy (non-hydrogen) atoms. The summed E-state index contributed by atoms with van der Waals surface area (Å²) in [5.41, 5.74) is 50.6. The predicted molar refractivity (Wildman–Crippen MR) is 312 cm³/mol. The van der Waals surface area contributed by atoms with Gasteiger partial charge in [-0.2, -0.15) is 0 Å². The van der Waals surface area contributed by atoms with Crippen LogP contribution in [0.3, 0.4) is 0 Å². The van der Waals surface area contributed by atoms with Crippen molar-refractivity contribution in [2.45, 2.75) is 194 Å². The zero-order valence-corrected chi connectivity index (χ0v) is 45.5. The third-order valence-electron chi connectivity index (χ3n) is 33.3. The van der Waals surface area contributed by atoms with E-state index in [1.165, 1.54) is 32.1 Å². The van der Waals surface area contributed by atoms with Gasteiger partial charge in [0.05, 0.1) is 4.75 Å². The van der Waals surface area contributed by atoms with Gasteiger partial charge in [-0.3, -0.25) is 0 Å². The fourth-order valence-electron chi connectivity index (χ4n) is 34.1. The van der Waals surface area contributed by atoms with Crippen LogP contribution in [0.4, 0.5) is 0 Å². The largest absolute Gasteiger partial charge is 0.112 e. The van der Waals surface area contributed by atoms with Crippen LogP contribution in [0.2, 0.25) is 0 Å². The summed E-state index contributed by atoms with van der Waals surface area (Å²) in [7, 11) is 0. The second-order valence-electron chi connectivity index (χ2n) is 33.9. The molecule has 0 saturated heterocycles. The minimum absolute atomic E-state index is 0.0137. The maximum Gasteiger partial charge on any atom is 0.0645 e. The van der Waals surface area contributed by atoms with Crippen molar-refractivity contribution in [3.8, 4) is 11.1 Å². The summed E-state index contributed by atoms with van der Waals surface area (Å²) in [4.78, 5) is 1.79. The SMILES string of the molecule is CCCCC(CC)Cc1c(C(C)(C)C)ccc2c1C13c4c5c6c7c8c9c%10c%11c%12c%13c%14c%15c(c%16c%13c%10c7c4-%16)C1(S2)C1C%15C2c4c7c%10c%13c%15c%16c%17c%18c%19c%20c%21c%22c%23c(c4c4c%22c%19c%16c%104)C2C%14C%12C%23C%21C%11C9C%20C%18C8C6C%17C%15C5C3C%13C71. The van der Waals surface area contributed by atoms with Gasteiger partial charge in [-0.1, -0.05) is 66.4 Å². The van der Waals surface area contributed by atoms with Gasteiger partial charge < -0.3 is 0 Å². The van der Waals surface area contributed by atoms with E-state index in [-0.39, 0.29) is 15.6 Å². The molecule has 34 rings (SSSR count). The summed E-state index contributed by atoms with van der Waals surface area (Å²) >= 11 is 2.64. The molecule has 0 N–H and O–H groups in total. The molecule has 366 valence electrons. The maximum atomic E-state index is 2.86. The summed E-state index contributed by atoms with van der Waals surface area (Å²) in [6, 6.07) is 5.64. The molecule has 1 fully saturated rings. The zero-order valence-electron chi connectivity index (χ0n) is 44.7. The van der Waals surface area contributed by atoms with Gasteiger partial charge in [-0.15, -0.1) is 11.8 Å². The lowest BCUT2D eigenvalue weighted by atomic mass is 9.39. The van der Waals surface area contributed by atoms with E-state index in [1.54, 1.807) is 10.5 Å². The van der Waals surface area contributed by atoms with Crippen molar-refractivity contribution in [2.24, 2.45) is 17.8 Å². The number of unbranched alkanes of at least 4 members (excludes halogenated alkanes) is 1. The molecular weight excluding hydrogens is 969 g/mol. The van der Waals surface area contributed by atoms with Crippen LogP contribution in [-0.2, 0) is 22.0 Å². The first-order valence-corrected chi connectivity index (χ1v) is 33.8. The Morgan fingerprint density at radius 2 is 0.747 bits per heavy atom. The van der Waals surface area contributed by atoms with Gasteiger partial charge in [0.2, 0.25) is 0 Å². The topological polar surface area (TPSA) is 0 Å². The Balaban J connectivity index is 0.938. The molecule has 1 heteroatoms. The lowest BCUT2D eigenvalue weighted by Crippen LogP contribution is -2.62. The number of benzene rings is 10. The molecule has 0 amide bonds. The molecule has 0 radical (unpaired) electrons. The Hall–Kier alpha value is -5.37. The lowest BCUT2D eigenvalue weighted by molar-refractivity contribution is 0.0336. The Kier molecular flexibility index (Phi) is 3.74. The highest BCUT2D eigenvalue weighted by Crippen LogP contribution is 3.01. The van der Waals surface area contributed by atoms with Gasteiger partial charge in [-0.05, 0) is 367 Å². The Labute approximate surface area is 457 Å². The monoisotopic (exact) mass is 1020 g/mol. The van der Waals surface area contributed by atoms with Crippen LogP contribution in [0, 0.1) is 17.8 Å². The molecule has 2 spiro atoms. The van der Waals surface area contributed by atoms with Crippen LogP contribution in [0.5, 0.6) is 0 Å². The first kappa shape index (κ1) is 34.8. The first-order chi connectivity index (χ1) is 38.9. The van der Waals surface area contributed by atoms with Crippen molar-refractivity contribution in [3.63, 3.8) is 0 Å². The van der Waals surface area contributed by atoms with E-state index >= 15 is 0 Å². The highest BCUT2D eigenvalue weighted by Gasteiger charge is 2.90. The van der Waals surface area contributed by atoms with Crippen LogP contribution in [-0.4, -0.2) is 0 Å². The minimum Gasteiger partial charge on any atom is -0.112 e. The van der Waals surface area contributed by atoms with Crippen molar-refractivity contribution in [2.75, 3.05) is 0 Å². The lowest BCUT2D eigenvalue weighted by Gasteiger charge is -2.65. The number of rotatable bonds is 6. The zero-order chi connectivity index (χ0) is 48.5. The van der Waals surface area contributed by atoms with E-state index in [2.05, 4.69) is 103 Å². The maximum absolute atomic E-state index is 2.86. The Morgan fingerprint density at radius 3 is 1.19 bits per heavy atom. The van der Waals surface area contributed by atoms with Crippen LogP contribution in [0.15, 0.2) is 17.0 Å². The van der Waals surface area contributed by atoms with E-state index in [9.17, 15) is 0 Å². The summed E-state index contributed by atoms with van der Waals surface area (Å²) in [6.07, 6.45) is 6.66. The molecule has 11 aromatic rings. The Bertz CT molecular complexity index is 5750. The van der Waals surface area contributed by atoms with Gasteiger partial charge >= 0.3 is 0 Å². The third kappa shape index (κ3) is 2.14. The number of thioether (sulfide) groups is 1. The minimum atomic E-state index is -0.0137. The fraction of sp³-hybridized carbons (Fsp3) is 0.436. The summed E-state index contributed by atoms with van der Waals surface area (Å²) in [6.45, 7) is 12.9. The van der Waals surface area contributed by atoms with Crippen molar-refractivity contribution in [1.82, 2.24) is 0 Å². The summed E-state index contributed by atoms with van der Waals surface area (Å²) in [5, 5.41) is 30.9. The van der Waals surface area contributed by atoms with E-state index in [0.717, 1.165) is 5.92 Å². The van der Waals surface area contributed by atoms with Gasteiger partial charge in [0.25, 0.3) is 0 Å². The quantitative estimate of drug-likeness (QED) is 0.150. The van der Waals surface area contributed by atoms with Crippen LogP contribution >= 0.6 is 11.8 Å². The molecule has 23 unspecified atom stereocenters. The van der Waals surface area contributed by atoms with Crippen LogP contribution in [0.1, 0.15) is 295 Å². The standard InChI is InChI=1S/C78H48S/c1-6-8-9-13(7-2)12-14-15(76(3,4)5)10-11-16-71(14)77-72-63-55-45-35-27-19-17-18-21-25-23(19)31-39-33(25)43-37-29(21)30-22(18)26-24-20(17)28(27)36-42-32(24)40-34(26)44-38(30)48-47(37)59-53(43)61-51(39)57(49(55)41(31)35)65(72)67(61)74-69(59)70-60(48)54(44)62-52(40)58-50(42)56(46(36)45)64(63)73(77)66(58)68(62)75(70)78(74,77)79-16/h10-11,13,19,21,23,25,27,29,35,37,45-48,56,60,64,66,68,70,73,75H,6-9,12H2,1-5H3. The molecule has 0 nitrogen and oxygen atoms in total. The molecule has 0 bridgehead atoms. The molecule has 22 aliphatic carbocycles. The van der Waals surface area contributed by atoms with Crippen LogP contribution in [0.25, 0.3) is 97.3 Å². The Morgan fingerprint density at radius 1 is 0.392 bits per heavy atom. The summed E-state index contributed by atoms with van der Waals surface area (Å²) < 4.78 is 0.0271. The smallest absolute Gasteiger partial charge is 0.0645 e. The summed E-state index contributed by atoms with van der Waals surface area (Å²) in [5.74, 6) is 13.9. The molecule has 1 aliphatic heterocycles. The molecular formula is C78H48S. The number of fused-ring (bicyclic) bond motifs is 1. The first-order valence-electron chi connectivity index (χ1n) is 33.0. The van der Waals surface area contributed by atoms with Crippen molar-refractivity contribution in [1.29, 1.82) is 0 Å². The number of hydrogen-bond donors (Lipinski definition) is 0. The van der Waals surface area contributed by atoms with Gasteiger partial charge in [0, 0.05) is 10.3 Å². The highest BCUT2D eigenvalue weighted by molar-refractivity contribution is 8.00. The molecule has 1 saturated carbocycles. The second kappa shape index (κ2) is 8.48. The van der Waals surface area contributed by atoms with E-state index in [0.29, 0.717) is 118 Å². The second-order valence-corrected chi connectivity index (χ2v) is 35.2. The normalized spacial score (nSPS) is 44.5. The molecule has 1 heterocycles. The third-order valence-corrected chi connectivity index (χ3v) is 35.0. The van der Waals surface area contributed by atoms with Crippen molar-refractivity contribution >= 4 is 97.9 Å². The molecule has 0 aromatic heterocycles. The molecule has 11 aromatic carbocycles. The van der Waals surface area contributed by atoms with Crippen molar-refractivity contribution in [3.05, 3.63) is 140 Å². The van der Waals surface area contributed by atoms with Gasteiger partial charge in [0.15, 0.2) is 0 Å². The molecule has 23 atom stereocenters. The van der Waals surface area contributed by atoms with Gasteiger partial charge in [0.1, 0.15) is 0 Å². The average molecular weight is 1020 g/mol. The van der Waals surface area contributed by atoms with Gasteiger partial charge in [-0.25, -0.2) is 0 Å².